The molecular formula is C21H23Cl2NO4. The van der Waals surface area contributed by atoms with Crippen molar-refractivity contribution < 1.29 is 19.4 Å². The summed E-state index contributed by atoms with van der Waals surface area (Å²) in [4.78, 5) is 14.0. The molecule has 0 radical (unpaired) electrons. The van der Waals surface area contributed by atoms with Gasteiger partial charge in [0.2, 0.25) is 0 Å². The average Bonchev–Trinajstić information content (AvgIpc) is 2.70. The molecule has 0 aliphatic carbocycles. The van der Waals surface area contributed by atoms with Gasteiger partial charge in [-0.2, -0.15) is 0 Å². The molecule has 0 amide bonds. The Labute approximate surface area is 174 Å². The first-order chi connectivity index (χ1) is 13.5. The second kappa shape index (κ2) is 9.03. The van der Waals surface area contributed by atoms with Crippen LogP contribution in [0.5, 0.6) is 11.5 Å². The van der Waals surface area contributed by atoms with Gasteiger partial charge in [0.15, 0.2) is 0 Å². The fourth-order valence-electron chi connectivity index (χ4n) is 3.90. The number of benzene rings is 2. The normalized spacial score (nSPS) is 18.5. The van der Waals surface area contributed by atoms with E-state index in [1.807, 2.05) is 29.2 Å². The first kappa shape index (κ1) is 20.8. The molecule has 0 saturated carbocycles. The van der Waals surface area contributed by atoms with E-state index in [1.165, 1.54) is 0 Å². The zero-order chi connectivity index (χ0) is 20.3. The Hall–Kier alpha value is -1.95. The van der Waals surface area contributed by atoms with Crippen LogP contribution in [-0.2, 0) is 4.79 Å². The van der Waals surface area contributed by atoms with Gasteiger partial charge in [0, 0.05) is 10.0 Å². The number of ether oxygens (including phenoxy) is 2. The topological polar surface area (TPSA) is 59.0 Å². The van der Waals surface area contributed by atoms with Crippen LogP contribution in [0.2, 0.25) is 10.0 Å². The molecule has 1 aliphatic heterocycles. The molecule has 1 heterocycles. The monoisotopic (exact) mass is 423 g/mol. The van der Waals surface area contributed by atoms with Gasteiger partial charge in [-0.1, -0.05) is 41.8 Å². The van der Waals surface area contributed by atoms with Gasteiger partial charge in [-0.25, -0.2) is 0 Å². The molecule has 5 nitrogen and oxygen atoms in total. The van der Waals surface area contributed by atoms with Gasteiger partial charge in [0.05, 0.1) is 25.8 Å². The van der Waals surface area contributed by atoms with Crippen LogP contribution in [0.15, 0.2) is 36.4 Å². The summed E-state index contributed by atoms with van der Waals surface area (Å²) >= 11 is 12.7. The van der Waals surface area contributed by atoms with Gasteiger partial charge >= 0.3 is 5.97 Å². The van der Waals surface area contributed by atoms with Crippen LogP contribution >= 0.6 is 23.2 Å². The Kier molecular flexibility index (Phi) is 6.70. The highest BCUT2D eigenvalue weighted by molar-refractivity contribution is 6.35. The number of carbonyl (C=O) groups is 1. The van der Waals surface area contributed by atoms with E-state index in [0.717, 1.165) is 24.0 Å². The lowest BCUT2D eigenvalue weighted by molar-refractivity contribution is -0.145. The Bertz CT molecular complexity index is 836. The quantitative estimate of drug-likeness (QED) is 0.704. The molecule has 0 aromatic heterocycles. The van der Waals surface area contributed by atoms with E-state index in [2.05, 4.69) is 0 Å². The number of rotatable bonds is 6. The van der Waals surface area contributed by atoms with Crippen molar-refractivity contribution in [2.75, 3.05) is 20.8 Å². The minimum absolute atomic E-state index is 0.447. The Morgan fingerprint density at radius 3 is 2.39 bits per heavy atom. The molecule has 1 fully saturated rings. The predicted molar refractivity (Wildman–Crippen MR) is 110 cm³/mol. The van der Waals surface area contributed by atoms with Crippen molar-refractivity contribution in [1.82, 2.24) is 4.90 Å². The predicted octanol–water partition coefficient (Wildman–Crippen LogP) is 5.04. The second-order valence-corrected chi connectivity index (χ2v) is 7.58. The van der Waals surface area contributed by atoms with Crippen LogP contribution in [0.1, 0.15) is 36.4 Å². The Balaban J connectivity index is 2.25. The standard InChI is InChI=1S/C21H23Cl2NO4/c1-27-17-7-5-8-18(28-2)19(17)20(14-10-9-13(22)12-15(14)23)24-11-4-3-6-16(24)21(25)26/h5,7-10,12,16,20H,3-4,6,11H2,1-2H3,(H,25,26). The van der Waals surface area contributed by atoms with Crippen LogP contribution in [0.3, 0.4) is 0 Å². The lowest BCUT2D eigenvalue weighted by atomic mass is 9.90. The number of halogens is 2. The number of aliphatic carboxylic acids is 1. The van der Waals surface area contributed by atoms with Gasteiger partial charge < -0.3 is 14.6 Å². The maximum absolute atomic E-state index is 12.0. The van der Waals surface area contributed by atoms with E-state index in [-0.39, 0.29) is 0 Å². The summed E-state index contributed by atoms with van der Waals surface area (Å²) in [5, 5.41) is 10.9. The smallest absolute Gasteiger partial charge is 0.320 e. The molecule has 150 valence electrons. The van der Waals surface area contributed by atoms with Gasteiger partial charge in [-0.15, -0.1) is 0 Å². The number of hydrogen-bond acceptors (Lipinski definition) is 4. The van der Waals surface area contributed by atoms with Crippen molar-refractivity contribution in [3.05, 3.63) is 57.6 Å². The zero-order valence-corrected chi connectivity index (χ0v) is 17.3. The highest BCUT2D eigenvalue weighted by Gasteiger charge is 2.38. The van der Waals surface area contributed by atoms with E-state index < -0.39 is 18.1 Å². The number of hydrogen-bond donors (Lipinski definition) is 1. The van der Waals surface area contributed by atoms with Crippen LogP contribution in [0.25, 0.3) is 0 Å². The summed E-state index contributed by atoms with van der Waals surface area (Å²) in [6.07, 6.45) is 2.36. The highest BCUT2D eigenvalue weighted by Crippen LogP contribution is 2.45. The highest BCUT2D eigenvalue weighted by atomic mass is 35.5. The summed E-state index contributed by atoms with van der Waals surface area (Å²) < 4.78 is 11.2. The molecule has 1 saturated heterocycles. The molecule has 2 atom stereocenters. The molecule has 1 aliphatic rings. The first-order valence-electron chi connectivity index (χ1n) is 9.12. The van der Waals surface area contributed by atoms with Crippen molar-refractivity contribution in [2.24, 2.45) is 0 Å². The van der Waals surface area contributed by atoms with Crippen molar-refractivity contribution >= 4 is 29.2 Å². The molecule has 0 bridgehead atoms. The van der Waals surface area contributed by atoms with E-state index in [9.17, 15) is 9.90 Å². The Morgan fingerprint density at radius 1 is 1.14 bits per heavy atom. The maximum Gasteiger partial charge on any atom is 0.320 e. The maximum atomic E-state index is 12.0. The lowest BCUT2D eigenvalue weighted by Crippen LogP contribution is -2.47. The Morgan fingerprint density at radius 2 is 1.82 bits per heavy atom. The fraction of sp³-hybridized carbons (Fsp3) is 0.381. The lowest BCUT2D eigenvalue weighted by Gasteiger charge is -2.40. The number of likely N-dealkylation sites (tertiary alicyclic amines) is 1. The summed E-state index contributed by atoms with van der Waals surface area (Å²) in [7, 11) is 3.17. The molecule has 28 heavy (non-hydrogen) atoms. The second-order valence-electron chi connectivity index (χ2n) is 6.73. The van der Waals surface area contributed by atoms with Crippen molar-refractivity contribution in [2.45, 2.75) is 31.3 Å². The van der Waals surface area contributed by atoms with E-state index in [4.69, 9.17) is 32.7 Å². The third-order valence-electron chi connectivity index (χ3n) is 5.16. The van der Waals surface area contributed by atoms with Crippen molar-refractivity contribution in [3.8, 4) is 11.5 Å². The molecule has 3 rings (SSSR count). The summed E-state index contributed by atoms with van der Waals surface area (Å²) in [6.45, 7) is 0.627. The van der Waals surface area contributed by atoms with E-state index in [1.54, 1.807) is 26.4 Å². The molecule has 2 aromatic carbocycles. The van der Waals surface area contributed by atoms with E-state index in [0.29, 0.717) is 34.5 Å². The van der Waals surface area contributed by atoms with Gasteiger partial charge in [-0.3, -0.25) is 9.69 Å². The molecule has 0 spiro atoms. The van der Waals surface area contributed by atoms with Crippen LogP contribution in [0.4, 0.5) is 0 Å². The van der Waals surface area contributed by atoms with E-state index >= 15 is 0 Å². The molecule has 7 heteroatoms. The van der Waals surface area contributed by atoms with Crippen LogP contribution in [-0.4, -0.2) is 42.8 Å². The average molecular weight is 424 g/mol. The van der Waals surface area contributed by atoms with Gasteiger partial charge in [0.25, 0.3) is 0 Å². The number of carboxylic acids is 1. The number of piperidine rings is 1. The first-order valence-corrected chi connectivity index (χ1v) is 9.88. The minimum atomic E-state index is -0.844. The fourth-order valence-corrected chi connectivity index (χ4v) is 4.41. The zero-order valence-electron chi connectivity index (χ0n) is 15.8. The SMILES string of the molecule is COc1cccc(OC)c1C(c1ccc(Cl)cc1Cl)N1CCCCC1C(=O)O. The summed E-state index contributed by atoms with van der Waals surface area (Å²) in [5.41, 5.74) is 1.52. The van der Waals surface area contributed by atoms with Crippen LogP contribution in [0, 0.1) is 0 Å². The minimum Gasteiger partial charge on any atom is -0.496 e. The molecule has 1 N–H and O–H groups in total. The van der Waals surface area contributed by atoms with Crippen molar-refractivity contribution in [3.63, 3.8) is 0 Å². The third kappa shape index (κ3) is 4.07. The number of methoxy groups -OCH3 is 2. The third-order valence-corrected chi connectivity index (χ3v) is 5.72. The number of carboxylic acid groups (broad SMARTS) is 1. The summed E-state index contributed by atoms with van der Waals surface area (Å²) in [5.74, 6) is 0.388. The molecule has 2 aromatic rings. The van der Waals surface area contributed by atoms with Gasteiger partial charge in [0.1, 0.15) is 17.5 Å². The molecule has 2 unspecified atom stereocenters. The largest absolute Gasteiger partial charge is 0.496 e. The van der Waals surface area contributed by atoms with Crippen molar-refractivity contribution in [1.29, 1.82) is 0 Å². The summed E-state index contributed by atoms with van der Waals surface area (Å²) in [6, 6.07) is 9.73. The molecular weight excluding hydrogens is 401 g/mol. The van der Waals surface area contributed by atoms with Crippen LogP contribution < -0.4 is 9.47 Å². The van der Waals surface area contributed by atoms with Gasteiger partial charge in [-0.05, 0) is 49.2 Å². The number of nitrogens with zero attached hydrogens (tertiary/aromatic N) is 1.